The molecule has 114 valence electrons. The fourth-order valence-corrected chi connectivity index (χ4v) is 7.22. The van der Waals surface area contributed by atoms with E-state index in [1.807, 2.05) is 0 Å². The standard InChI is InChI=1S/C15H19Cl5/c1-8-9-10-11(15(19,20)14(9,17)18)13(8,3)6-4-5-12(10,2)7-16/h9-11H,1,4-7H2,2-3H3/t9-,10+,11-,12?,13-/m1/s1. The van der Waals surface area contributed by atoms with Gasteiger partial charge in [0.15, 0.2) is 8.67 Å². The molecule has 0 radical (unpaired) electrons. The van der Waals surface area contributed by atoms with Gasteiger partial charge in [-0.2, -0.15) is 0 Å². The Bertz CT molecular complexity index is 471. The highest BCUT2D eigenvalue weighted by Gasteiger charge is 2.80. The molecule has 0 spiro atoms. The van der Waals surface area contributed by atoms with Crippen LogP contribution in [0, 0.1) is 28.6 Å². The molecule has 0 saturated heterocycles. The zero-order valence-electron chi connectivity index (χ0n) is 11.7. The maximum absolute atomic E-state index is 6.69. The highest BCUT2D eigenvalue weighted by Crippen LogP contribution is 2.80. The molecule has 20 heavy (non-hydrogen) atoms. The molecule has 0 aromatic rings. The van der Waals surface area contributed by atoms with Crippen molar-refractivity contribution in [2.24, 2.45) is 28.6 Å². The highest BCUT2D eigenvalue weighted by atomic mass is 35.5. The van der Waals surface area contributed by atoms with E-state index in [2.05, 4.69) is 20.4 Å². The molecule has 4 bridgehead atoms. The predicted molar refractivity (Wildman–Crippen MR) is 89.3 cm³/mol. The largest absolute Gasteiger partial charge is 0.158 e. The minimum absolute atomic E-state index is 0.0112. The molecule has 0 aromatic carbocycles. The van der Waals surface area contributed by atoms with Gasteiger partial charge < -0.3 is 0 Å². The third-order valence-electron chi connectivity index (χ3n) is 6.29. The van der Waals surface area contributed by atoms with Crippen LogP contribution in [0.3, 0.4) is 0 Å². The van der Waals surface area contributed by atoms with Crippen LogP contribution < -0.4 is 0 Å². The Hall–Kier alpha value is 1.19. The summed E-state index contributed by atoms with van der Waals surface area (Å²) in [6.45, 7) is 8.76. The molecule has 0 heterocycles. The summed E-state index contributed by atoms with van der Waals surface area (Å²) in [5.74, 6) is 0.698. The van der Waals surface area contributed by atoms with Crippen LogP contribution >= 0.6 is 58.0 Å². The van der Waals surface area contributed by atoms with Crippen molar-refractivity contribution < 1.29 is 0 Å². The Labute approximate surface area is 146 Å². The molecule has 1 unspecified atom stereocenters. The van der Waals surface area contributed by atoms with E-state index in [0.29, 0.717) is 5.88 Å². The Morgan fingerprint density at radius 2 is 1.70 bits per heavy atom. The zero-order chi connectivity index (χ0) is 15.1. The Balaban J connectivity index is 2.24. The van der Waals surface area contributed by atoms with E-state index in [0.717, 1.165) is 24.8 Å². The van der Waals surface area contributed by atoms with Crippen LogP contribution in [-0.4, -0.2) is 14.5 Å². The first kappa shape index (κ1) is 16.1. The van der Waals surface area contributed by atoms with Crippen LogP contribution in [0.4, 0.5) is 0 Å². The molecule has 5 heteroatoms. The fourth-order valence-electron chi connectivity index (χ4n) is 5.15. The third-order valence-corrected chi connectivity index (χ3v) is 9.42. The molecule has 3 aliphatic carbocycles. The molecule has 3 aliphatic rings. The molecule has 5 atom stereocenters. The maximum atomic E-state index is 6.69. The van der Waals surface area contributed by atoms with Crippen molar-refractivity contribution in [3.8, 4) is 0 Å². The van der Waals surface area contributed by atoms with Crippen LogP contribution in [0.1, 0.15) is 33.1 Å². The average Bonchev–Trinajstić information content (AvgIpc) is 2.61. The second kappa shape index (κ2) is 4.38. The topological polar surface area (TPSA) is 0 Å². The lowest BCUT2D eigenvalue weighted by molar-refractivity contribution is 0.141. The van der Waals surface area contributed by atoms with Gasteiger partial charge in [0, 0.05) is 17.7 Å². The van der Waals surface area contributed by atoms with Crippen LogP contribution in [-0.2, 0) is 0 Å². The first-order valence-electron chi connectivity index (χ1n) is 7.05. The van der Waals surface area contributed by atoms with Gasteiger partial charge in [-0.25, -0.2) is 0 Å². The molecule has 0 aromatic heterocycles. The van der Waals surface area contributed by atoms with Gasteiger partial charge in [-0.05, 0) is 29.6 Å². The van der Waals surface area contributed by atoms with Crippen molar-refractivity contribution in [2.45, 2.75) is 41.8 Å². The van der Waals surface area contributed by atoms with Crippen molar-refractivity contribution >= 4 is 58.0 Å². The minimum Gasteiger partial charge on any atom is -0.126 e. The van der Waals surface area contributed by atoms with Crippen molar-refractivity contribution in [3.63, 3.8) is 0 Å². The molecule has 0 aliphatic heterocycles. The number of hydrogen-bond donors (Lipinski definition) is 0. The summed E-state index contributed by atoms with van der Waals surface area (Å²) in [4.78, 5) is 0. The van der Waals surface area contributed by atoms with Crippen LogP contribution in [0.5, 0.6) is 0 Å². The van der Waals surface area contributed by atoms with E-state index in [4.69, 9.17) is 58.0 Å². The molecule has 0 amide bonds. The average molecular weight is 377 g/mol. The Kier molecular flexibility index (Phi) is 3.52. The Morgan fingerprint density at radius 3 is 2.25 bits per heavy atom. The number of hydrogen-bond acceptors (Lipinski definition) is 0. The summed E-state index contributed by atoms with van der Waals surface area (Å²) < 4.78 is -2.34. The van der Waals surface area contributed by atoms with Crippen molar-refractivity contribution in [2.75, 3.05) is 5.88 Å². The van der Waals surface area contributed by atoms with Gasteiger partial charge in [-0.1, -0.05) is 78.8 Å². The lowest BCUT2D eigenvalue weighted by Gasteiger charge is -2.47. The van der Waals surface area contributed by atoms with Crippen LogP contribution in [0.2, 0.25) is 0 Å². The summed E-state index contributed by atoms with van der Waals surface area (Å²) in [7, 11) is 0. The second-order valence-corrected chi connectivity index (χ2v) is 10.3. The van der Waals surface area contributed by atoms with E-state index >= 15 is 0 Å². The number of rotatable bonds is 1. The van der Waals surface area contributed by atoms with Gasteiger partial charge in [0.1, 0.15) is 0 Å². The summed E-state index contributed by atoms with van der Waals surface area (Å²) in [5.41, 5.74) is 0.982. The molecular weight excluding hydrogens is 357 g/mol. The van der Waals surface area contributed by atoms with E-state index in [-0.39, 0.29) is 28.6 Å². The minimum atomic E-state index is -1.19. The quantitative estimate of drug-likeness (QED) is 0.377. The van der Waals surface area contributed by atoms with E-state index in [1.54, 1.807) is 0 Å². The van der Waals surface area contributed by atoms with Crippen molar-refractivity contribution in [1.82, 2.24) is 0 Å². The molecule has 3 rings (SSSR count). The SMILES string of the molecule is C=C1[C@@H]2[C@H]3[C@@H](C(Cl)(Cl)C2(Cl)Cl)[C@]1(C)CCCC3(C)CCl. The molecule has 0 N–H and O–H groups in total. The normalized spacial score (nSPS) is 52.1. The smallest absolute Gasteiger partial charge is 0.126 e. The van der Waals surface area contributed by atoms with Gasteiger partial charge in [-0.15, -0.1) is 11.6 Å². The number of alkyl halides is 5. The molecule has 3 fully saturated rings. The summed E-state index contributed by atoms with van der Waals surface area (Å²) in [6.07, 6.45) is 3.20. The molecular formula is C15H19Cl5. The molecule has 3 saturated carbocycles. The lowest BCUT2D eigenvalue weighted by Crippen LogP contribution is -2.50. The lowest BCUT2D eigenvalue weighted by atomic mass is 9.68. The van der Waals surface area contributed by atoms with Gasteiger partial charge in [0.25, 0.3) is 0 Å². The van der Waals surface area contributed by atoms with Gasteiger partial charge in [0.05, 0.1) is 0 Å². The first-order chi connectivity index (χ1) is 9.04. The van der Waals surface area contributed by atoms with Crippen molar-refractivity contribution in [1.29, 1.82) is 0 Å². The van der Waals surface area contributed by atoms with Crippen LogP contribution in [0.25, 0.3) is 0 Å². The zero-order valence-corrected chi connectivity index (χ0v) is 15.4. The number of allylic oxidation sites excluding steroid dienone is 1. The van der Waals surface area contributed by atoms with Crippen molar-refractivity contribution in [3.05, 3.63) is 12.2 Å². The Morgan fingerprint density at radius 1 is 1.10 bits per heavy atom. The van der Waals surface area contributed by atoms with E-state index in [9.17, 15) is 0 Å². The highest BCUT2D eigenvalue weighted by molar-refractivity contribution is 6.63. The summed E-state index contributed by atoms with van der Waals surface area (Å²) in [5, 5.41) is 0. The summed E-state index contributed by atoms with van der Waals surface area (Å²) >= 11 is 32.9. The van der Waals surface area contributed by atoms with Gasteiger partial charge >= 0.3 is 0 Å². The predicted octanol–water partition coefficient (Wildman–Crippen LogP) is 6.20. The maximum Gasteiger partial charge on any atom is 0.158 e. The van der Waals surface area contributed by atoms with Gasteiger partial charge in [-0.3, -0.25) is 0 Å². The number of halogens is 5. The first-order valence-corrected chi connectivity index (χ1v) is 9.09. The third kappa shape index (κ3) is 1.59. The van der Waals surface area contributed by atoms with E-state index < -0.39 is 8.67 Å². The summed E-state index contributed by atoms with van der Waals surface area (Å²) in [6, 6.07) is 0. The fraction of sp³-hybridized carbons (Fsp3) is 0.867. The molecule has 0 nitrogen and oxygen atoms in total. The second-order valence-electron chi connectivity index (χ2n) is 7.31. The monoisotopic (exact) mass is 374 g/mol. The van der Waals surface area contributed by atoms with Crippen LogP contribution in [0.15, 0.2) is 12.2 Å². The van der Waals surface area contributed by atoms with E-state index in [1.165, 1.54) is 0 Å². The van der Waals surface area contributed by atoms with Gasteiger partial charge in [0.2, 0.25) is 0 Å².